The number of carboxylic acids is 1. The fourth-order valence-corrected chi connectivity index (χ4v) is 1.86. The second-order valence-corrected chi connectivity index (χ2v) is 3.69. The summed E-state index contributed by atoms with van der Waals surface area (Å²) >= 11 is 0. The fraction of sp³-hybridized carbons (Fsp3) is 0.500. The van der Waals surface area contributed by atoms with Crippen molar-refractivity contribution in [2.24, 2.45) is 5.92 Å². The molecular formula is C10H14ClN3O2. The molecule has 88 valence electrons. The molecule has 2 heterocycles. The summed E-state index contributed by atoms with van der Waals surface area (Å²) in [5.41, 5.74) is 0. The Hall–Kier alpha value is -1.36. The zero-order chi connectivity index (χ0) is 10.7. The fourth-order valence-electron chi connectivity index (χ4n) is 1.86. The maximum Gasteiger partial charge on any atom is 0.308 e. The highest BCUT2D eigenvalue weighted by Crippen LogP contribution is 2.20. The van der Waals surface area contributed by atoms with Gasteiger partial charge >= 0.3 is 5.97 Å². The molecule has 1 aromatic heterocycles. The zero-order valence-electron chi connectivity index (χ0n) is 8.74. The molecule has 1 unspecified atom stereocenters. The number of halogens is 1. The van der Waals surface area contributed by atoms with Gasteiger partial charge in [-0.1, -0.05) is 0 Å². The molecule has 5 nitrogen and oxygen atoms in total. The van der Waals surface area contributed by atoms with Crippen molar-refractivity contribution in [3.8, 4) is 0 Å². The lowest BCUT2D eigenvalue weighted by atomic mass is 9.98. The molecule has 1 aliphatic heterocycles. The minimum atomic E-state index is -0.714. The first-order valence-electron chi connectivity index (χ1n) is 5.01. The summed E-state index contributed by atoms with van der Waals surface area (Å²) in [5, 5.41) is 8.94. The summed E-state index contributed by atoms with van der Waals surface area (Å²) < 4.78 is 0. The Morgan fingerprint density at radius 3 is 3.00 bits per heavy atom. The summed E-state index contributed by atoms with van der Waals surface area (Å²) in [7, 11) is 0. The van der Waals surface area contributed by atoms with Gasteiger partial charge in [0.1, 0.15) is 12.1 Å². The number of aromatic nitrogens is 2. The smallest absolute Gasteiger partial charge is 0.308 e. The Morgan fingerprint density at radius 2 is 2.38 bits per heavy atom. The minimum Gasteiger partial charge on any atom is -0.481 e. The third kappa shape index (κ3) is 2.82. The molecule has 0 aromatic carbocycles. The van der Waals surface area contributed by atoms with Crippen LogP contribution in [0.2, 0.25) is 0 Å². The summed E-state index contributed by atoms with van der Waals surface area (Å²) in [6, 6.07) is 1.81. The number of aliphatic carboxylic acids is 1. The molecule has 0 amide bonds. The molecule has 0 radical (unpaired) electrons. The van der Waals surface area contributed by atoms with Crippen molar-refractivity contribution >= 4 is 24.2 Å². The number of rotatable bonds is 2. The minimum absolute atomic E-state index is 0. The molecule has 0 bridgehead atoms. The predicted molar refractivity (Wildman–Crippen MR) is 61.9 cm³/mol. The van der Waals surface area contributed by atoms with Crippen molar-refractivity contribution in [3.63, 3.8) is 0 Å². The first kappa shape index (κ1) is 12.7. The van der Waals surface area contributed by atoms with Crippen molar-refractivity contribution in [3.05, 3.63) is 18.6 Å². The molecule has 16 heavy (non-hydrogen) atoms. The molecule has 1 saturated heterocycles. The Labute approximate surface area is 99.9 Å². The van der Waals surface area contributed by atoms with E-state index in [9.17, 15) is 4.79 Å². The Morgan fingerprint density at radius 1 is 1.56 bits per heavy atom. The quantitative estimate of drug-likeness (QED) is 0.846. The SMILES string of the molecule is Cl.O=C(O)C1CCCN(c2ccncn2)C1. The van der Waals surface area contributed by atoms with Gasteiger partial charge in [-0.25, -0.2) is 9.97 Å². The van der Waals surface area contributed by atoms with Gasteiger partial charge in [0.05, 0.1) is 5.92 Å². The van der Waals surface area contributed by atoms with Crippen LogP contribution in [-0.4, -0.2) is 34.1 Å². The lowest BCUT2D eigenvalue weighted by Crippen LogP contribution is -2.39. The monoisotopic (exact) mass is 243 g/mol. The van der Waals surface area contributed by atoms with Gasteiger partial charge in [0, 0.05) is 19.3 Å². The molecule has 1 atom stereocenters. The average Bonchev–Trinajstić information content (AvgIpc) is 2.30. The summed E-state index contributed by atoms with van der Waals surface area (Å²) in [4.78, 5) is 20.8. The second-order valence-electron chi connectivity index (χ2n) is 3.69. The van der Waals surface area contributed by atoms with E-state index in [1.165, 1.54) is 6.33 Å². The van der Waals surface area contributed by atoms with Crippen LogP contribution in [0.15, 0.2) is 18.6 Å². The van der Waals surface area contributed by atoms with Gasteiger partial charge in [-0.3, -0.25) is 4.79 Å². The third-order valence-corrected chi connectivity index (χ3v) is 2.66. The van der Waals surface area contributed by atoms with Gasteiger partial charge in [0.2, 0.25) is 0 Å². The molecule has 1 aromatic rings. The van der Waals surface area contributed by atoms with Crippen LogP contribution in [0.25, 0.3) is 0 Å². The lowest BCUT2D eigenvalue weighted by molar-refractivity contribution is -0.141. The van der Waals surface area contributed by atoms with Crippen molar-refractivity contribution < 1.29 is 9.90 Å². The molecule has 2 rings (SSSR count). The topological polar surface area (TPSA) is 66.3 Å². The Bertz CT molecular complexity index is 347. The van der Waals surface area contributed by atoms with E-state index in [0.717, 1.165) is 25.2 Å². The normalized spacial score (nSPS) is 20.0. The lowest BCUT2D eigenvalue weighted by Gasteiger charge is -2.31. The highest BCUT2D eigenvalue weighted by atomic mass is 35.5. The highest BCUT2D eigenvalue weighted by molar-refractivity contribution is 5.85. The van der Waals surface area contributed by atoms with Crippen LogP contribution in [0.5, 0.6) is 0 Å². The highest BCUT2D eigenvalue weighted by Gasteiger charge is 2.25. The largest absolute Gasteiger partial charge is 0.481 e. The van der Waals surface area contributed by atoms with Gasteiger partial charge in [-0.05, 0) is 18.9 Å². The van der Waals surface area contributed by atoms with Gasteiger partial charge in [-0.15, -0.1) is 12.4 Å². The Kier molecular flexibility index (Phi) is 4.49. The summed E-state index contributed by atoms with van der Waals surface area (Å²) in [5.74, 6) is -0.168. The van der Waals surface area contributed by atoms with Gasteiger partial charge in [-0.2, -0.15) is 0 Å². The van der Waals surface area contributed by atoms with Crippen molar-refractivity contribution in [1.82, 2.24) is 9.97 Å². The average molecular weight is 244 g/mol. The predicted octanol–water partition coefficient (Wildman–Crippen LogP) is 1.20. The van der Waals surface area contributed by atoms with Crippen LogP contribution in [0, 0.1) is 5.92 Å². The first-order chi connectivity index (χ1) is 7.27. The van der Waals surface area contributed by atoms with Crippen molar-refractivity contribution in [2.75, 3.05) is 18.0 Å². The van der Waals surface area contributed by atoms with Crippen LogP contribution in [0.3, 0.4) is 0 Å². The molecule has 0 saturated carbocycles. The number of nitrogens with zero attached hydrogens (tertiary/aromatic N) is 3. The van der Waals surface area contributed by atoms with E-state index < -0.39 is 5.97 Å². The molecule has 0 aliphatic carbocycles. The third-order valence-electron chi connectivity index (χ3n) is 2.66. The number of piperidine rings is 1. The van der Waals surface area contributed by atoms with Crippen LogP contribution < -0.4 is 4.90 Å². The van der Waals surface area contributed by atoms with E-state index in [1.807, 2.05) is 11.0 Å². The van der Waals surface area contributed by atoms with E-state index in [-0.39, 0.29) is 18.3 Å². The van der Waals surface area contributed by atoms with E-state index >= 15 is 0 Å². The van der Waals surface area contributed by atoms with Crippen molar-refractivity contribution in [2.45, 2.75) is 12.8 Å². The summed E-state index contributed by atoms with van der Waals surface area (Å²) in [6.45, 7) is 1.42. The van der Waals surface area contributed by atoms with E-state index in [2.05, 4.69) is 9.97 Å². The zero-order valence-corrected chi connectivity index (χ0v) is 9.56. The van der Waals surface area contributed by atoms with Crippen LogP contribution in [-0.2, 0) is 4.79 Å². The Balaban J connectivity index is 0.00000128. The molecule has 1 aliphatic rings. The van der Waals surface area contributed by atoms with E-state index in [4.69, 9.17) is 5.11 Å². The maximum atomic E-state index is 10.9. The van der Waals surface area contributed by atoms with Crippen LogP contribution in [0.4, 0.5) is 5.82 Å². The van der Waals surface area contributed by atoms with Crippen molar-refractivity contribution in [1.29, 1.82) is 0 Å². The van der Waals surface area contributed by atoms with Gasteiger partial charge < -0.3 is 10.0 Å². The molecule has 0 spiro atoms. The van der Waals surface area contributed by atoms with Gasteiger partial charge in [0.25, 0.3) is 0 Å². The van der Waals surface area contributed by atoms with Crippen LogP contribution in [0.1, 0.15) is 12.8 Å². The maximum absolute atomic E-state index is 10.9. The first-order valence-corrected chi connectivity index (χ1v) is 5.01. The number of carboxylic acid groups (broad SMARTS) is 1. The number of anilines is 1. The second kappa shape index (κ2) is 5.65. The number of hydrogen-bond donors (Lipinski definition) is 1. The summed E-state index contributed by atoms with van der Waals surface area (Å²) in [6.07, 6.45) is 4.82. The van der Waals surface area contributed by atoms with E-state index in [1.54, 1.807) is 6.20 Å². The molecule has 6 heteroatoms. The molecular weight excluding hydrogens is 230 g/mol. The van der Waals surface area contributed by atoms with Crippen LogP contribution >= 0.6 is 12.4 Å². The molecule has 1 fully saturated rings. The number of hydrogen-bond acceptors (Lipinski definition) is 4. The van der Waals surface area contributed by atoms with Gasteiger partial charge in [0.15, 0.2) is 0 Å². The standard InChI is InChI=1S/C10H13N3O2.ClH/c14-10(15)8-2-1-5-13(6-8)9-3-4-11-7-12-9;/h3-4,7-8H,1-2,5-6H2,(H,14,15);1H. The molecule has 1 N–H and O–H groups in total. The number of carbonyl (C=O) groups is 1. The van der Waals surface area contributed by atoms with E-state index in [0.29, 0.717) is 6.54 Å².